The van der Waals surface area contributed by atoms with Crippen molar-refractivity contribution >= 4 is 54.3 Å². The van der Waals surface area contributed by atoms with Crippen LogP contribution in [0.25, 0.3) is 110 Å². The maximum Gasteiger partial charge on any atom is 0.143 e. The minimum atomic E-state index is 0.920. The highest BCUT2D eigenvalue weighted by Crippen LogP contribution is 2.44. The molecule has 0 aliphatic rings. The van der Waals surface area contributed by atoms with Gasteiger partial charge in [0.15, 0.2) is 0 Å². The van der Waals surface area contributed by atoms with E-state index in [-0.39, 0.29) is 0 Å². The van der Waals surface area contributed by atoms with Crippen LogP contribution in [0.15, 0.2) is 211 Å². The van der Waals surface area contributed by atoms with Crippen LogP contribution in [0.3, 0.4) is 0 Å². The molecular weight excluding hydrogens is 749 g/mol. The molecule has 0 spiro atoms. The lowest BCUT2D eigenvalue weighted by Crippen LogP contribution is -1.91. The van der Waals surface area contributed by atoms with Crippen LogP contribution in [0.2, 0.25) is 0 Å². The van der Waals surface area contributed by atoms with E-state index in [0.29, 0.717) is 0 Å². The van der Waals surface area contributed by atoms with Gasteiger partial charge in [-0.2, -0.15) is 0 Å². The molecule has 11 rings (SSSR count). The fraction of sp³-hybridized carbons (Fsp3) is 0.115. The second kappa shape index (κ2) is 19.9. The van der Waals surface area contributed by atoms with Crippen LogP contribution in [0.5, 0.6) is 0 Å². The van der Waals surface area contributed by atoms with Crippen molar-refractivity contribution < 1.29 is 4.42 Å². The van der Waals surface area contributed by atoms with E-state index in [1.807, 2.05) is 60.6 Å². The number of hydrogen-bond donors (Lipinski definition) is 0. The van der Waals surface area contributed by atoms with E-state index < -0.39 is 0 Å². The molecule has 0 unspecified atom stereocenters. The van der Waals surface area contributed by atoms with Crippen molar-refractivity contribution in [2.24, 2.45) is 0 Å². The Morgan fingerprint density at radius 2 is 0.758 bits per heavy atom. The molecule has 62 heavy (non-hydrogen) atoms. The third kappa shape index (κ3) is 8.15. The number of allylic oxidation sites excluding steroid dienone is 1. The van der Waals surface area contributed by atoms with Gasteiger partial charge in [-0.25, -0.2) is 0 Å². The largest absolute Gasteiger partial charge is 0.455 e. The Hall–Kier alpha value is -7.22. The molecule has 10 aromatic carbocycles. The van der Waals surface area contributed by atoms with Crippen molar-refractivity contribution in [3.63, 3.8) is 0 Å². The maximum atomic E-state index is 6.38. The normalized spacial score (nSPS) is 10.6. The monoisotopic (exact) mass is 804 g/mol. The van der Waals surface area contributed by atoms with Gasteiger partial charge in [0.25, 0.3) is 0 Å². The van der Waals surface area contributed by atoms with Crippen molar-refractivity contribution in [1.29, 1.82) is 0 Å². The summed E-state index contributed by atoms with van der Waals surface area (Å²) in [6, 6.07) is 70.6. The average Bonchev–Trinajstić information content (AvgIpc) is 3.75. The topological polar surface area (TPSA) is 13.1 Å². The minimum absolute atomic E-state index is 0.920. The van der Waals surface area contributed by atoms with E-state index >= 15 is 0 Å². The molecule has 306 valence electrons. The zero-order chi connectivity index (χ0) is 43.6. The molecule has 0 bridgehead atoms. The molecule has 1 heterocycles. The van der Waals surface area contributed by atoms with Crippen LogP contribution in [0.1, 0.15) is 48.5 Å². The second-order valence-corrected chi connectivity index (χ2v) is 14.4. The van der Waals surface area contributed by atoms with Crippen LogP contribution < -0.4 is 0 Å². The first kappa shape index (κ1) is 42.9. The van der Waals surface area contributed by atoms with Crippen LogP contribution in [-0.2, 0) is 0 Å². The summed E-state index contributed by atoms with van der Waals surface area (Å²) in [5, 5.41) is 10.0. The molecule has 11 aromatic rings. The highest BCUT2D eigenvalue weighted by molar-refractivity contribution is 6.27. The van der Waals surface area contributed by atoms with E-state index in [1.165, 1.54) is 76.8 Å². The van der Waals surface area contributed by atoms with Crippen molar-refractivity contribution in [2.75, 3.05) is 0 Å². The summed E-state index contributed by atoms with van der Waals surface area (Å²) in [7, 11) is 0. The van der Waals surface area contributed by atoms with Gasteiger partial charge >= 0.3 is 0 Å². The zero-order valence-electron chi connectivity index (χ0n) is 37.2. The second-order valence-electron chi connectivity index (χ2n) is 14.4. The molecule has 0 aliphatic heterocycles. The van der Waals surface area contributed by atoms with Gasteiger partial charge in [-0.05, 0) is 114 Å². The summed E-state index contributed by atoms with van der Waals surface area (Å²) < 4.78 is 6.38. The van der Waals surface area contributed by atoms with Gasteiger partial charge in [-0.15, -0.1) is 6.58 Å². The predicted octanol–water partition coefficient (Wildman–Crippen LogP) is 19.1. The number of para-hydroxylation sites is 2. The van der Waals surface area contributed by atoms with Gasteiger partial charge in [0.2, 0.25) is 0 Å². The number of benzene rings is 10. The molecule has 0 saturated heterocycles. The lowest BCUT2D eigenvalue weighted by atomic mass is 9.86. The molecule has 1 heteroatoms. The summed E-state index contributed by atoms with van der Waals surface area (Å²) in [6.45, 7) is 17.2. The van der Waals surface area contributed by atoms with E-state index in [9.17, 15) is 0 Å². The molecule has 0 amide bonds. The molecule has 0 N–H and O–H groups in total. The van der Waals surface area contributed by atoms with Crippen LogP contribution >= 0.6 is 0 Å². The Morgan fingerprint density at radius 3 is 1.29 bits per heavy atom. The lowest BCUT2D eigenvalue weighted by molar-refractivity contribution is 0.670. The quantitative estimate of drug-likeness (QED) is 0.125. The maximum absolute atomic E-state index is 6.38. The van der Waals surface area contributed by atoms with Gasteiger partial charge in [-0.3, -0.25) is 0 Å². The standard InChI is InChI=1S/C52H32O.C3H6.3C2H6/c1-3-10-33(11-4-1)39-30-40(34-12-5-2-6-13-34)32-41(31-39)43-27-23-38-24-28-46-42(26-22-37-25-29-47(43)51(38)50(37)46)35-18-20-36(21-19-35)44-15-9-16-48-45-14-7-8-17-49(45)53-52(44)48;1-3-2;3*1-2/h1-32H;3H,1H2,2H3;3*1-2H3. The highest BCUT2D eigenvalue weighted by atomic mass is 16.3. The molecule has 0 fully saturated rings. The SMILES string of the molecule is C=CC.CC.CC.CC.c1ccc(-c2cc(-c3ccccc3)cc(-c3ccc4ccc5c(-c6ccc(-c7cccc8c7oc7ccccc78)cc6)ccc6ccc3c4c65)c2)cc1. The minimum Gasteiger partial charge on any atom is -0.455 e. The van der Waals surface area contributed by atoms with E-state index in [2.05, 4.69) is 189 Å². The molecule has 0 radical (unpaired) electrons. The molecule has 0 atom stereocenters. The van der Waals surface area contributed by atoms with Crippen molar-refractivity contribution in [2.45, 2.75) is 48.5 Å². The fourth-order valence-corrected chi connectivity index (χ4v) is 8.49. The van der Waals surface area contributed by atoms with Gasteiger partial charge in [0.1, 0.15) is 11.2 Å². The Morgan fingerprint density at radius 1 is 0.339 bits per heavy atom. The Labute approximate surface area is 368 Å². The Bertz CT molecular complexity index is 3130. The molecule has 1 aromatic heterocycles. The molecule has 0 saturated carbocycles. The van der Waals surface area contributed by atoms with Crippen LogP contribution in [0, 0.1) is 0 Å². The predicted molar refractivity (Wildman–Crippen MR) is 275 cm³/mol. The number of rotatable bonds is 5. The fourth-order valence-electron chi connectivity index (χ4n) is 8.49. The van der Waals surface area contributed by atoms with Gasteiger partial charge in [-0.1, -0.05) is 217 Å². The Kier molecular flexibility index (Phi) is 13.8. The van der Waals surface area contributed by atoms with Gasteiger partial charge < -0.3 is 4.42 Å². The van der Waals surface area contributed by atoms with Gasteiger partial charge in [0.05, 0.1) is 0 Å². The molecular formula is C61H56O. The van der Waals surface area contributed by atoms with E-state index in [0.717, 1.165) is 33.1 Å². The van der Waals surface area contributed by atoms with Gasteiger partial charge in [0, 0.05) is 16.3 Å². The zero-order valence-corrected chi connectivity index (χ0v) is 37.2. The first-order valence-electron chi connectivity index (χ1n) is 22.2. The number of furan rings is 1. The summed E-state index contributed by atoms with van der Waals surface area (Å²) in [4.78, 5) is 0. The van der Waals surface area contributed by atoms with Crippen LogP contribution in [0.4, 0.5) is 0 Å². The summed E-state index contributed by atoms with van der Waals surface area (Å²) >= 11 is 0. The highest BCUT2D eigenvalue weighted by Gasteiger charge is 2.17. The molecule has 1 nitrogen and oxygen atoms in total. The number of fused-ring (bicyclic) bond motifs is 3. The van der Waals surface area contributed by atoms with E-state index in [1.54, 1.807) is 6.08 Å². The first-order valence-corrected chi connectivity index (χ1v) is 22.2. The van der Waals surface area contributed by atoms with Crippen molar-refractivity contribution in [3.05, 3.63) is 207 Å². The van der Waals surface area contributed by atoms with Crippen molar-refractivity contribution in [1.82, 2.24) is 0 Å². The van der Waals surface area contributed by atoms with Crippen LogP contribution in [-0.4, -0.2) is 0 Å². The summed E-state index contributed by atoms with van der Waals surface area (Å²) in [5.41, 5.74) is 13.9. The smallest absolute Gasteiger partial charge is 0.143 e. The molecule has 0 aliphatic carbocycles. The summed E-state index contributed by atoms with van der Waals surface area (Å²) in [6.07, 6.45) is 1.75. The van der Waals surface area contributed by atoms with E-state index in [4.69, 9.17) is 4.42 Å². The van der Waals surface area contributed by atoms with Crippen molar-refractivity contribution in [3.8, 4) is 55.6 Å². The lowest BCUT2D eigenvalue weighted by Gasteiger charge is -2.18. The third-order valence-corrected chi connectivity index (χ3v) is 11.0. The average molecular weight is 805 g/mol. The Balaban J connectivity index is 0.000000602. The first-order chi connectivity index (χ1) is 30.7. The summed E-state index contributed by atoms with van der Waals surface area (Å²) in [5.74, 6) is 0. The number of hydrogen-bond acceptors (Lipinski definition) is 1. The third-order valence-electron chi connectivity index (χ3n) is 11.0.